The van der Waals surface area contributed by atoms with Gasteiger partial charge in [-0.15, -0.1) is 0 Å². The maximum atomic E-state index is 11.7. The van der Waals surface area contributed by atoms with Crippen molar-refractivity contribution in [3.8, 4) is 0 Å². The highest BCUT2D eigenvalue weighted by molar-refractivity contribution is 5.73. The Labute approximate surface area is 166 Å². The van der Waals surface area contributed by atoms with Gasteiger partial charge in [-0.2, -0.15) is 0 Å². The lowest BCUT2D eigenvalue weighted by Crippen LogP contribution is -2.42. The Morgan fingerprint density at radius 2 is 1.54 bits per heavy atom. The fourth-order valence-electron chi connectivity index (χ4n) is 3.98. The van der Waals surface area contributed by atoms with E-state index in [9.17, 15) is 4.79 Å². The molecule has 1 aliphatic heterocycles. The minimum Gasteiger partial charge on any atom is -0.378 e. The van der Waals surface area contributed by atoms with Crippen molar-refractivity contribution < 1.29 is 4.79 Å². The van der Waals surface area contributed by atoms with E-state index in [-0.39, 0.29) is 23.9 Å². The van der Waals surface area contributed by atoms with E-state index < -0.39 is 0 Å². The fraction of sp³-hybridized carbons (Fsp3) is 0.208. The van der Waals surface area contributed by atoms with Crippen LogP contribution in [0.25, 0.3) is 0 Å². The van der Waals surface area contributed by atoms with Gasteiger partial charge in [0.15, 0.2) is 0 Å². The molecule has 0 bridgehead atoms. The van der Waals surface area contributed by atoms with Gasteiger partial charge in [0.25, 0.3) is 0 Å². The Bertz CT molecular complexity index is 927. The summed E-state index contributed by atoms with van der Waals surface area (Å²) in [6.07, 6.45) is 0. The zero-order valence-corrected chi connectivity index (χ0v) is 15.9. The second-order valence-corrected chi connectivity index (χ2v) is 7.21. The van der Waals surface area contributed by atoms with E-state index in [1.165, 1.54) is 11.1 Å². The lowest BCUT2D eigenvalue weighted by atomic mass is 9.79. The Balaban J connectivity index is 1.76. The van der Waals surface area contributed by atoms with E-state index in [0.717, 1.165) is 11.4 Å². The molecule has 3 atom stereocenters. The van der Waals surface area contributed by atoms with Crippen LogP contribution in [0.2, 0.25) is 0 Å². The summed E-state index contributed by atoms with van der Waals surface area (Å²) in [6, 6.07) is 29.3. The van der Waals surface area contributed by atoms with Gasteiger partial charge in [0.2, 0.25) is 5.91 Å². The third kappa shape index (κ3) is 3.86. The summed E-state index contributed by atoms with van der Waals surface area (Å²) in [5.41, 5.74) is 4.63. The van der Waals surface area contributed by atoms with Crippen molar-refractivity contribution in [3.05, 3.63) is 96.1 Å². The summed E-state index contributed by atoms with van der Waals surface area (Å²) < 4.78 is 0. The SMILES string of the molecule is CC(=O)NC[C@H]1[C@@H](c2ccccc2)Nc2ccccc2[C@H]1Nc1ccccc1. The molecule has 0 radical (unpaired) electrons. The summed E-state index contributed by atoms with van der Waals surface area (Å²) in [5, 5.41) is 10.5. The third-order valence-electron chi connectivity index (χ3n) is 5.30. The first-order valence-electron chi connectivity index (χ1n) is 9.69. The lowest BCUT2D eigenvalue weighted by molar-refractivity contribution is -0.119. The highest BCUT2D eigenvalue weighted by atomic mass is 16.1. The van der Waals surface area contributed by atoms with Crippen LogP contribution in [-0.2, 0) is 4.79 Å². The van der Waals surface area contributed by atoms with Crippen LogP contribution in [0, 0.1) is 5.92 Å². The molecule has 28 heavy (non-hydrogen) atoms. The average molecular weight is 371 g/mol. The summed E-state index contributed by atoms with van der Waals surface area (Å²) in [6.45, 7) is 2.15. The van der Waals surface area contributed by atoms with Crippen molar-refractivity contribution >= 4 is 17.3 Å². The molecule has 0 saturated carbocycles. The van der Waals surface area contributed by atoms with Crippen molar-refractivity contribution in [3.63, 3.8) is 0 Å². The van der Waals surface area contributed by atoms with Crippen molar-refractivity contribution in [2.45, 2.75) is 19.0 Å². The maximum absolute atomic E-state index is 11.7. The molecule has 0 saturated heterocycles. The standard InChI is InChI=1S/C24H25N3O/c1-17(28)25-16-21-23(18-10-4-2-5-11-18)27-22-15-9-8-14-20(22)24(21)26-19-12-6-3-7-13-19/h2-15,21,23-24,26-27H,16H2,1H3,(H,25,28)/t21-,23+,24+/m0/s1. The number of hydrogen-bond donors (Lipinski definition) is 3. The van der Waals surface area contributed by atoms with Crippen LogP contribution in [-0.4, -0.2) is 12.5 Å². The second kappa shape index (κ2) is 8.17. The molecule has 4 nitrogen and oxygen atoms in total. The Morgan fingerprint density at radius 3 is 2.25 bits per heavy atom. The lowest BCUT2D eigenvalue weighted by Gasteiger charge is -2.42. The van der Waals surface area contributed by atoms with Gasteiger partial charge in [-0.25, -0.2) is 0 Å². The number of hydrogen-bond acceptors (Lipinski definition) is 3. The average Bonchev–Trinajstić information content (AvgIpc) is 2.74. The van der Waals surface area contributed by atoms with Crippen LogP contribution in [0.15, 0.2) is 84.9 Å². The Morgan fingerprint density at radius 1 is 0.893 bits per heavy atom. The quantitative estimate of drug-likeness (QED) is 0.606. The highest BCUT2D eigenvalue weighted by Gasteiger charge is 2.37. The second-order valence-electron chi connectivity index (χ2n) is 7.21. The van der Waals surface area contributed by atoms with E-state index in [2.05, 4.69) is 76.6 Å². The van der Waals surface area contributed by atoms with E-state index in [1.807, 2.05) is 24.3 Å². The number of benzene rings is 3. The van der Waals surface area contributed by atoms with Gasteiger partial charge >= 0.3 is 0 Å². The molecule has 142 valence electrons. The largest absolute Gasteiger partial charge is 0.378 e. The van der Waals surface area contributed by atoms with E-state index in [4.69, 9.17) is 0 Å². The van der Waals surface area contributed by atoms with E-state index in [1.54, 1.807) is 6.92 Å². The number of para-hydroxylation sites is 2. The monoisotopic (exact) mass is 371 g/mol. The predicted octanol–water partition coefficient (Wildman–Crippen LogP) is 4.76. The predicted molar refractivity (Wildman–Crippen MR) is 114 cm³/mol. The summed E-state index contributed by atoms with van der Waals surface area (Å²) in [7, 11) is 0. The number of carbonyl (C=O) groups excluding carboxylic acids is 1. The number of nitrogens with one attached hydrogen (secondary N) is 3. The summed E-state index contributed by atoms with van der Waals surface area (Å²) in [4.78, 5) is 11.7. The van der Waals surface area contributed by atoms with Crippen LogP contribution >= 0.6 is 0 Å². The Kier molecular flexibility index (Phi) is 5.29. The van der Waals surface area contributed by atoms with Crippen LogP contribution in [0.4, 0.5) is 11.4 Å². The normalized spacial score (nSPS) is 20.5. The fourth-order valence-corrected chi connectivity index (χ4v) is 3.98. The molecule has 4 heteroatoms. The topological polar surface area (TPSA) is 53.2 Å². The Hall–Kier alpha value is -3.27. The van der Waals surface area contributed by atoms with E-state index in [0.29, 0.717) is 6.54 Å². The molecule has 3 aromatic rings. The van der Waals surface area contributed by atoms with Gasteiger partial charge in [-0.1, -0.05) is 66.7 Å². The van der Waals surface area contributed by atoms with Crippen molar-refractivity contribution in [2.75, 3.05) is 17.2 Å². The highest BCUT2D eigenvalue weighted by Crippen LogP contribution is 2.44. The van der Waals surface area contributed by atoms with Crippen LogP contribution in [0.3, 0.4) is 0 Å². The van der Waals surface area contributed by atoms with Crippen molar-refractivity contribution in [1.29, 1.82) is 0 Å². The molecule has 1 heterocycles. The molecule has 0 aromatic heterocycles. The van der Waals surface area contributed by atoms with Crippen LogP contribution in [0.5, 0.6) is 0 Å². The van der Waals surface area contributed by atoms with Gasteiger partial charge in [0.05, 0.1) is 12.1 Å². The molecule has 0 fully saturated rings. The van der Waals surface area contributed by atoms with E-state index >= 15 is 0 Å². The summed E-state index contributed by atoms with van der Waals surface area (Å²) >= 11 is 0. The van der Waals surface area contributed by atoms with Gasteiger partial charge < -0.3 is 16.0 Å². The number of amides is 1. The van der Waals surface area contributed by atoms with Gasteiger partial charge in [0.1, 0.15) is 0 Å². The van der Waals surface area contributed by atoms with Gasteiger partial charge in [-0.05, 0) is 29.3 Å². The first kappa shape index (κ1) is 18.1. The van der Waals surface area contributed by atoms with Crippen LogP contribution < -0.4 is 16.0 Å². The molecule has 1 amide bonds. The molecule has 3 N–H and O–H groups in total. The molecule has 0 unspecified atom stereocenters. The van der Waals surface area contributed by atoms with Crippen molar-refractivity contribution in [2.24, 2.45) is 5.92 Å². The molecule has 3 aromatic carbocycles. The first-order chi connectivity index (χ1) is 13.7. The number of rotatable bonds is 5. The molecule has 0 spiro atoms. The summed E-state index contributed by atoms with van der Waals surface area (Å²) in [5.74, 6) is 0.130. The van der Waals surface area contributed by atoms with Crippen molar-refractivity contribution in [1.82, 2.24) is 5.32 Å². The minimum absolute atomic E-state index is 0.0101. The molecule has 0 aliphatic carbocycles. The maximum Gasteiger partial charge on any atom is 0.216 e. The number of carbonyl (C=O) groups is 1. The minimum atomic E-state index is -0.0101. The van der Waals surface area contributed by atoms with Crippen LogP contribution in [0.1, 0.15) is 30.1 Å². The van der Waals surface area contributed by atoms with Gasteiger partial charge in [0, 0.05) is 30.8 Å². The zero-order valence-electron chi connectivity index (χ0n) is 15.9. The van der Waals surface area contributed by atoms with Gasteiger partial charge in [-0.3, -0.25) is 4.79 Å². The smallest absolute Gasteiger partial charge is 0.216 e. The third-order valence-corrected chi connectivity index (χ3v) is 5.30. The molecule has 1 aliphatic rings. The number of anilines is 2. The molecule has 4 rings (SSSR count). The number of fused-ring (bicyclic) bond motifs is 1. The molecular weight excluding hydrogens is 346 g/mol. The first-order valence-corrected chi connectivity index (χ1v) is 9.69. The molecular formula is C24H25N3O. The zero-order chi connectivity index (χ0) is 19.3.